The predicted octanol–water partition coefficient (Wildman–Crippen LogP) is 3.50. The Morgan fingerprint density at radius 3 is 2.52 bits per heavy atom. The fourth-order valence-corrected chi connectivity index (χ4v) is 3.46. The molecule has 2 rings (SSSR count). The minimum absolute atomic E-state index is 0.0665. The highest BCUT2D eigenvalue weighted by atomic mass is 16.5. The van der Waals surface area contributed by atoms with Gasteiger partial charge in [0, 0.05) is 31.2 Å². The second-order valence-electron chi connectivity index (χ2n) is 8.60. The number of carbonyl (C=O) groups excluding carboxylic acids is 1. The smallest absolute Gasteiger partial charge is 0.244 e. The van der Waals surface area contributed by atoms with E-state index in [9.17, 15) is 4.79 Å². The maximum Gasteiger partial charge on any atom is 0.244 e. The molecule has 29 heavy (non-hydrogen) atoms. The molecule has 1 aromatic rings. The van der Waals surface area contributed by atoms with E-state index >= 15 is 0 Å². The molecule has 1 aliphatic heterocycles. The summed E-state index contributed by atoms with van der Waals surface area (Å²) in [4.78, 5) is 14.7. The van der Waals surface area contributed by atoms with Gasteiger partial charge in [-0.05, 0) is 65.3 Å². The summed E-state index contributed by atoms with van der Waals surface area (Å²) in [6.45, 7) is 14.7. The molecule has 162 valence electrons. The Morgan fingerprint density at radius 2 is 1.93 bits per heavy atom. The molecule has 6 nitrogen and oxygen atoms in total. The number of hydrogen-bond donors (Lipinski definition) is 1. The summed E-state index contributed by atoms with van der Waals surface area (Å²) >= 11 is 0. The van der Waals surface area contributed by atoms with Crippen LogP contribution in [0.2, 0.25) is 0 Å². The molecule has 0 radical (unpaired) electrons. The lowest BCUT2D eigenvalue weighted by Crippen LogP contribution is -2.58. The molecule has 2 atom stereocenters. The van der Waals surface area contributed by atoms with Gasteiger partial charge in [-0.2, -0.15) is 0 Å². The lowest BCUT2D eigenvalue weighted by atomic mass is 10.00. The zero-order chi connectivity index (χ0) is 21.6. The Balaban J connectivity index is 1.93. The van der Waals surface area contributed by atoms with Crippen LogP contribution in [-0.2, 0) is 9.53 Å². The summed E-state index contributed by atoms with van der Waals surface area (Å²) < 4.78 is 16.9. The van der Waals surface area contributed by atoms with E-state index in [-0.39, 0.29) is 29.8 Å². The highest BCUT2D eigenvalue weighted by Gasteiger charge is 2.33. The second kappa shape index (κ2) is 10.1. The van der Waals surface area contributed by atoms with Crippen molar-refractivity contribution in [3.05, 3.63) is 29.8 Å². The number of nitrogens with zero attached hydrogens (tertiary/aromatic N) is 1. The van der Waals surface area contributed by atoms with Crippen LogP contribution < -0.4 is 14.8 Å². The van der Waals surface area contributed by atoms with Gasteiger partial charge in [-0.25, -0.2) is 0 Å². The summed E-state index contributed by atoms with van der Waals surface area (Å²) in [5, 5.41) is 3.02. The third kappa shape index (κ3) is 7.05. The molecular weight excluding hydrogens is 368 g/mol. The lowest BCUT2D eigenvalue weighted by Gasteiger charge is -2.45. The number of ether oxygens (including phenoxy) is 3. The Labute approximate surface area is 175 Å². The van der Waals surface area contributed by atoms with Crippen molar-refractivity contribution >= 4 is 12.0 Å². The van der Waals surface area contributed by atoms with Crippen molar-refractivity contribution in [1.82, 2.24) is 10.2 Å². The first-order valence-electron chi connectivity index (χ1n) is 10.3. The van der Waals surface area contributed by atoms with Gasteiger partial charge < -0.3 is 19.5 Å². The van der Waals surface area contributed by atoms with Crippen molar-refractivity contribution in [3.63, 3.8) is 0 Å². The van der Waals surface area contributed by atoms with Crippen LogP contribution in [0.3, 0.4) is 0 Å². The maximum atomic E-state index is 12.3. The van der Waals surface area contributed by atoms with Gasteiger partial charge in [-0.3, -0.25) is 9.69 Å². The van der Waals surface area contributed by atoms with Crippen LogP contribution in [0.15, 0.2) is 24.3 Å². The average Bonchev–Trinajstić information content (AvgIpc) is 2.64. The molecule has 1 N–H and O–H groups in total. The molecule has 1 fully saturated rings. The summed E-state index contributed by atoms with van der Waals surface area (Å²) in [7, 11) is 1.61. The minimum atomic E-state index is -0.144. The highest BCUT2D eigenvalue weighted by Crippen LogP contribution is 2.29. The van der Waals surface area contributed by atoms with Crippen molar-refractivity contribution in [3.8, 4) is 11.5 Å². The molecule has 0 saturated carbocycles. The SMILES string of the molecule is COc1cc(/C=C/C(=O)NCC(C)(C)N2C[C@@H](C)O[C@@H](C)C2)ccc1OC(C)C. The standard InChI is InChI=1S/C23H36N2O4/c1-16(2)28-20-10-8-19(12-21(20)27-7)9-11-22(26)24-15-23(5,6)25-13-17(3)29-18(4)14-25/h8-12,16-18H,13-15H2,1-7H3,(H,24,26)/b11-9+/t17-,18+. The number of hydrogen-bond acceptors (Lipinski definition) is 5. The Morgan fingerprint density at radius 1 is 1.28 bits per heavy atom. The molecule has 0 bridgehead atoms. The second-order valence-corrected chi connectivity index (χ2v) is 8.60. The van der Waals surface area contributed by atoms with Gasteiger partial charge in [0.05, 0.1) is 25.4 Å². The van der Waals surface area contributed by atoms with Crippen LogP contribution in [0.4, 0.5) is 0 Å². The van der Waals surface area contributed by atoms with E-state index < -0.39 is 0 Å². The number of nitrogens with one attached hydrogen (secondary N) is 1. The normalized spacial score (nSPS) is 20.8. The summed E-state index contributed by atoms with van der Waals surface area (Å²) in [6, 6.07) is 5.63. The first kappa shape index (κ1) is 23.2. The molecule has 0 aromatic heterocycles. The van der Waals surface area contributed by atoms with E-state index in [1.807, 2.05) is 32.0 Å². The largest absolute Gasteiger partial charge is 0.493 e. The van der Waals surface area contributed by atoms with Crippen molar-refractivity contribution < 1.29 is 19.0 Å². The first-order valence-corrected chi connectivity index (χ1v) is 10.3. The molecule has 1 aromatic carbocycles. The van der Waals surface area contributed by atoms with Gasteiger partial charge in [-0.15, -0.1) is 0 Å². The number of rotatable bonds is 8. The quantitative estimate of drug-likeness (QED) is 0.672. The average molecular weight is 405 g/mol. The fourth-order valence-electron chi connectivity index (χ4n) is 3.46. The van der Waals surface area contributed by atoms with Crippen molar-refractivity contribution in [2.24, 2.45) is 0 Å². The maximum absolute atomic E-state index is 12.3. The summed E-state index contributed by atoms with van der Waals surface area (Å²) in [6.07, 6.45) is 3.80. The third-order valence-corrected chi connectivity index (χ3v) is 4.95. The number of benzene rings is 1. The molecule has 1 saturated heterocycles. The molecule has 1 heterocycles. The number of morpholine rings is 1. The summed E-state index contributed by atoms with van der Waals surface area (Å²) in [5.41, 5.74) is 0.734. The van der Waals surface area contributed by atoms with E-state index in [0.29, 0.717) is 18.0 Å². The third-order valence-electron chi connectivity index (χ3n) is 4.95. The van der Waals surface area contributed by atoms with Crippen molar-refractivity contribution in [2.75, 3.05) is 26.7 Å². The predicted molar refractivity (Wildman–Crippen MR) is 116 cm³/mol. The van der Waals surface area contributed by atoms with Gasteiger partial charge in [-0.1, -0.05) is 6.07 Å². The molecule has 0 spiro atoms. The summed E-state index contributed by atoms with van der Waals surface area (Å²) in [5.74, 6) is 1.23. The zero-order valence-corrected chi connectivity index (χ0v) is 18.8. The number of methoxy groups -OCH3 is 1. The molecule has 0 unspecified atom stereocenters. The van der Waals surface area contributed by atoms with Gasteiger partial charge in [0.2, 0.25) is 5.91 Å². The van der Waals surface area contributed by atoms with Crippen LogP contribution >= 0.6 is 0 Å². The zero-order valence-electron chi connectivity index (χ0n) is 18.8. The molecule has 0 aliphatic carbocycles. The number of carbonyl (C=O) groups is 1. The van der Waals surface area contributed by atoms with Crippen LogP contribution in [-0.4, -0.2) is 61.4 Å². The molecular formula is C23H36N2O4. The van der Waals surface area contributed by atoms with Crippen LogP contribution in [0, 0.1) is 0 Å². The van der Waals surface area contributed by atoms with E-state index in [2.05, 4.69) is 37.9 Å². The minimum Gasteiger partial charge on any atom is -0.493 e. The van der Waals surface area contributed by atoms with Gasteiger partial charge >= 0.3 is 0 Å². The highest BCUT2D eigenvalue weighted by molar-refractivity contribution is 5.91. The Kier molecular flexibility index (Phi) is 8.11. The van der Waals surface area contributed by atoms with Gasteiger partial charge in [0.1, 0.15) is 0 Å². The Bertz CT molecular complexity index is 705. The topological polar surface area (TPSA) is 60.0 Å². The monoisotopic (exact) mass is 404 g/mol. The van der Waals surface area contributed by atoms with Crippen LogP contribution in [0.25, 0.3) is 6.08 Å². The Hall–Kier alpha value is -2.05. The van der Waals surface area contributed by atoms with Gasteiger partial charge in [0.15, 0.2) is 11.5 Å². The fraction of sp³-hybridized carbons (Fsp3) is 0.609. The first-order chi connectivity index (χ1) is 13.6. The molecule has 1 amide bonds. The van der Waals surface area contributed by atoms with E-state index in [4.69, 9.17) is 14.2 Å². The van der Waals surface area contributed by atoms with Crippen LogP contribution in [0.1, 0.15) is 47.1 Å². The van der Waals surface area contributed by atoms with E-state index in [1.165, 1.54) is 0 Å². The van der Waals surface area contributed by atoms with Crippen molar-refractivity contribution in [1.29, 1.82) is 0 Å². The van der Waals surface area contributed by atoms with E-state index in [0.717, 1.165) is 18.7 Å². The van der Waals surface area contributed by atoms with Gasteiger partial charge in [0.25, 0.3) is 0 Å². The lowest BCUT2D eigenvalue weighted by molar-refractivity contribution is -0.118. The van der Waals surface area contributed by atoms with Crippen molar-refractivity contribution in [2.45, 2.75) is 65.4 Å². The van der Waals surface area contributed by atoms with E-state index in [1.54, 1.807) is 19.3 Å². The number of amides is 1. The van der Waals surface area contributed by atoms with Crippen LogP contribution in [0.5, 0.6) is 11.5 Å². The molecule has 6 heteroatoms. The molecule has 1 aliphatic rings.